The molecule has 2 nitrogen and oxygen atoms in total. The molecule has 0 amide bonds. The van der Waals surface area contributed by atoms with E-state index < -0.39 is 17.6 Å². The third-order valence-corrected chi connectivity index (χ3v) is 2.77. The fraction of sp³-hybridized carbons (Fsp3) is 0.154. The van der Waals surface area contributed by atoms with Gasteiger partial charge < -0.3 is 4.74 Å². The van der Waals surface area contributed by atoms with Crippen LogP contribution in [0.5, 0.6) is 11.6 Å². The molecular formula is C13H8ClF4NO. The Morgan fingerprint density at radius 1 is 1.10 bits per heavy atom. The lowest BCUT2D eigenvalue weighted by atomic mass is 10.2. The Morgan fingerprint density at radius 3 is 2.30 bits per heavy atom. The normalized spacial score (nSPS) is 11.4. The van der Waals surface area contributed by atoms with Crippen LogP contribution in [-0.4, -0.2) is 4.98 Å². The molecule has 0 radical (unpaired) electrons. The predicted octanol–water partition coefficient (Wildman–Crippen LogP) is 4.77. The molecule has 0 saturated heterocycles. The third-order valence-electron chi connectivity index (χ3n) is 2.48. The van der Waals surface area contributed by atoms with Crippen molar-refractivity contribution in [2.45, 2.75) is 12.1 Å². The SMILES string of the molecule is Fc1c(CCl)ccnc1Oc1ccc(C(F)(F)F)cc1. The van der Waals surface area contributed by atoms with Gasteiger partial charge in [0, 0.05) is 11.8 Å². The lowest BCUT2D eigenvalue weighted by Crippen LogP contribution is -2.04. The minimum Gasteiger partial charge on any atom is -0.436 e. The molecule has 20 heavy (non-hydrogen) atoms. The molecule has 0 unspecified atom stereocenters. The van der Waals surface area contributed by atoms with Crippen LogP contribution in [-0.2, 0) is 12.1 Å². The molecule has 0 aliphatic carbocycles. The molecule has 0 atom stereocenters. The molecule has 2 rings (SSSR count). The lowest BCUT2D eigenvalue weighted by Gasteiger charge is -2.09. The number of ether oxygens (including phenoxy) is 1. The molecule has 1 aromatic heterocycles. The van der Waals surface area contributed by atoms with E-state index in [2.05, 4.69) is 4.98 Å². The van der Waals surface area contributed by atoms with E-state index in [4.69, 9.17) is 16.3 Å². The van der Waals surface area contributed by atoms with E-state index in [1.165, 1.54) is 12.3 Å². The number of rotatable bonds is 3. The molecule has 0 bridgehead atoms. The molecule has 0 aliphatic heterocycles. The van der Waals surface area contributed by atoms with Gasteiger partial charge in [-0.1, -0.05) is 0 Å². The fourth-order valence-corrected chi connectivity index (χ4v) is 1.67. The summed E-state index contributed by atoms with van der Waals surface area (Å²) in [5.74, 6) is -1.07. The summed E-state index contributed by atoms with van der Waals surface area (Å²) in [6, 6.07) is 5.27. The molecule has 0 N–H and O–H groups in total. The Morgan fingerprint density at radius 2 is 1.75 bits per heavy atom. The highest BCUT2D eigenvalue weighted by atomic mass is 35.5. The summed E-state index contributed by atoms with van der Waals surface area (Å²) in [6.07, 6.45) is -3.12. The van der Waals surface area contributed by atoms with Gasteiger partial charge in [-0.3, -0.25) is 0 Å². The summed E-state index contributed by atoms with van der Waals surface area (Å²) >= 11 is 5.53. The highest BCUT2D eigenvalue weighted by molar-refractivity contribution is 6.17. The van der Waals surface area contributed by atoms with Crippen LogP contribution >= 0.6 is 11.6 Å². The lowest BCUT2D eigenvalue weighted by molar-refractivity contribution is -0.137. The van der Waals surface area contributed by atoms with Gasteiger partial charge >= 0.3 is 6.18 Å². The highest BCUT2D eigenvalue weighted by Gasteiger charge is 2.30. The third kappa shape index (κ3) is 3.19. The van der Waals surface area contributed by atoms with Gasteiger partial charge in [0.25, 0.3) is 5.88 Å². The molecule has 1 aromatic carbocycles. The van der Waals surface area contributed by atoms with Crippen LogP contribution in [0.4, 0.5) is 17.6 Å². The summed E-state index contributed by atoms with van der Waals surface area (Å²) < 4.78 is 56.0. The number of aromatic nitrogens is 1. The van der Waals surface area contributed by atoms with E-state index >= 15 is 0 Å². The number of hydrogen-bond donors (Lipinski definition) is 0. The second-order valence-corrected chi connectivity index (χ2v) is 4.11. The van der Waals surface area contributed by atoms with Crippen molar-refractivity contribution in [3.63, 3.8) is 0 Å². The topological polar surface area (TPSA) is 22.1 Å². The van der Waals surface area contributed by atoms with E-state index in [0.717, 1.165) is 24.3 Å². The van der Waals surface area contributed by atoms with Crippen molar-refractivity contribution >= 4 is 11.6 Å². The number of pyridine rings is 1. The number of nitrogens with zero attached hydrogens (tertiary/aromatic N) is 1. The van der Waals surface area contributed by atoms with Gasteiger partial charge in [0.15, 0.2) is 5.82 Å². The van der Waals surface area contributed by atoms with Crippen LogP contribution in [0.1, 0.15) is 11.1 Å². The fourth-order valence-electron chi connectivity index (χ4n) is 1.46. The van der Waals surface area contributed by atoms with Gasteiger partial charge in [0.1, 0.15) is 5.75 Å². The van der Waals surface area contributed by atoms with Crippen LogP contribution in [0.3, 0.4) is 0 Å². The van der Waals surface area contributed by atoms with Crippen molar-refractivity contribution < 1.29 is 22.3 Å². The van der Waals surface area contributed by atoms with Crippen LogP contribution in [0, 0.1) is 5.82 Å². The molecule has 106 valence electrons. The molecule has 2 aromatic rings. The van der Waals surface area contributed by atoms with E-state index in [9.17, 15) is 17.6 Å². The molecular weight excluding hydrogens is 298 g/mol. The van der Waals surface area contributed by atoms with Gasteiger partial charge in [0.2, 0.25) is 0 Å². The summed E-state index contributed by atoms with van der Waals surface area (Å²) in [4.78, 5) is 3.68. The molecule has 0 fully saturated rings. The summed E-state index contributed by atoms with van der Waals surface area (Å²) in [5, 5.41) is 0. The van der Waals surface area contributed by atoms with Crippen LogP contribution in [0.15, 0.2) is 36.5 Å². The maximum Gasteiger partial charge on any atom is 0.416 e. The summed E-state index contributed by atoms with van der Waals surface area (Å²) in [7, 11) is 0. The van der Waals surface area contributed by atoms with Crippen molar-refractivity contribution in [3.8, 4) is 11.6 Å². The van der Waals surface area contributed by atoms with Crippen molar-refractivity contribution in [3.05, 3.63) is 53.5 Å². The van der Waals surface area contributed by atoms with Gasteiger partial charge in [-0.25, -0.2) is 9.37 Å². The number of halogens is 5. The molecule has 0 aliphatic rings. The van der Waals surface area contributed by atoms with Gasteiger partial charge in [-0.05, 0) is 30.3 Å². The number of alkyl halides is 4. The predicted molar refractivity (Wildman–Crippen MR) is 65.3 cm³/mol. The number of hydrogen-bond acceptors (Lipinski definition) is 2. The number of benzene rings is 1. The second kappa shape index (κ2) is 5.66. The largest absolute Gasteiger partial charge is 0.436 e. The van der Waals surface area contributed by atoms with Gasteiger partial charge in [-0.2, -0.15) is 13.2 Å². The van der Waals surface area contributed by atoms with Crippen molar-refractivity contribution in [1.29, 1.82) is 0 Å². The van der Waals surface area contributed by atoms with E-state index in [-0.39, 0.29) is 23.1 Å². The standard InChI is InChI=1S/C13H8ClF4NO/c14-7-8-5-6-19-12(11(8)15)20-10-3-1-9(2-4-10)13(16,17)18/h1-6H,7H2. The first-order valence-corrected chi connectivity index (χ1v) is 5.99. The Bertz CT molecular complexity index is 598. The van der Waals surface area contributed by atoms with Crippen LogP contribution in [0.25, 0.3) is 0 Å². The average molecular weight is 306 g/mol. The minimum atomic E-state index is -4.43. The average Bonchev–Trinajstić information content (AvgIpc) is 2.41. The first kappa shape index (κ1) is 14.6. The first-order valence-electron chi connectivity index (χ1n) is 5.46. The second-order valence-electron chi connectivity index (χ2n) is 3.85. The zero-order valence-corrected chi connectivity index (χ0v) is 10.7. The zero-order chi connectivity index (χ0) is 14.8. The van der Waals surface area contributed by atoms with E-state index in [0.29, 0.717) is 0 Å². The summed E-state index contributed by atoms with van der Waals surface area (Å²) in [6.45, 7) is 0. The Hall–Kier alpha value is -1.82. The van der Waals surface area contributed by atoms with Gasteiger partial charge in [-0.15, -0.1) is 11.6 Å². The Labute approximate surface area is 117 Å². The minimum absolute atomic E-state index is 0.0520. The van der Waals surface area contributed by atoms with Crippen molar-refractivity contribution in [2.75, 3.05) is 0 Å². The summed E-state index contributed by atoms with van der Waals surface area (Å²) in [5.41, 5.74) is -0.614. The smallest absolute Gasteiger partial charge is 0.416 e. The Kier molecular flexibility index (Phi) is 4.13. The molecule has 1 heterocycles. The molecule has 0 saturated carbocycles. The maximum atomic E-state index is 13.8. The monoisotopic (exact) mass is 305 g/mol. The molecule has 0 spiro atoms. The maximum absolute atomic E-state index is 13.8. The van der Waals surface area contributed by atoms with E-state index in [1.807, 2.05) is 0 Å². The van der Waals surface area contributed by atoms with E-state index in [1.54, 1.807) is 0 Å². The quantitative estimate of drug-likeness (QED) is 0.602. The highest BCUT2D eigenvalue weighted by Crippen LogP contribution is 2.31. The van der Waals surface area contributed by atoms with Gasteiger partial charge in [0.05, 0.1) is 11.4 Å². The first-order chi connectivity index (χ1) is 9.41. The van der Waals surface area contributed by atoms with Crippen molar-refractivity contribution in [2.24, 2.45) is 0 Å². The molecule has 7 heteroatoms. The van der Waals surface area contributed by atoms with Crippen LogP contribution in [0.2, 0.25) is 0 Å². The van der Waals surface area contributed by atoms with Crippen LogP contribution < -0.4 is 4.74 Å². The van der Waals surface area contributed by atoms with Crippen molar-refractivity contribution in [1.82, 2.24) is 4.98 Å². The zero-order valence-electron chi connectivity index (χ0n) is 9.92. The Balaban J connectivity index is 2.23.